The SMILES string of the molecule is CC(C)(C)c1nnn(CC(=O)NCC2(N)CCCCCC2)n1. The summed E-state index contributed by atoms with van der Waals surface area (Å²) >= 11 is 0. The fourth-order valence-electron chi connectivity index (χ4n) is 2.68. The van der Waals surface area contributed by atoms with E-state index < -0.39 is 0 Å². The first-order valence-corrected chi connectivity index (χ1v) is 8.12. The van der Waals surface area contributed by atoms with Crippen LogP contribution in [0.1, 0.15) is 65.1 Å². The summed E-state index contributed by atoms with van der Waals surface area (Å²) in [6.45, 7) is 6.64. The van der Waals surface area contributed by atoms with Gasteiger partial charge in [0, 0.05) is 17.5 Å². The highest BCUT2D eigenvalue weighted by molar-refractivity contribution is 5.75. The standard InChI is InChI=1S/C15H28N6O/c1-14(2,3)13-18-20-21(19-13)10-12(22)17-11-15(16)8-6-4-5-7-9-15/h4-11,16H2,1-3H3,(H,17,22). The highest BCUT2D eigenvalue weighted by Crippen LogP contribution is 2.24. The Balaban J connectivity index is 1.84. The van der Waals surface area contributed by atoms with Crippen molar-refractivity contribution in [3.05, 3.63) is 5.82 Å². The fraction of sp³-hybridized carbons (Fsp3) is 0.867. The van der Waals surface area contributed by atoms with Gasteiger partial charge in [0.2, 0.25) is 5.91 Å². The number of tetrazole rings is 1. The van der Waals surface area contributed by atoms with Gasteiger partial charge in [0.05, 0.1) is 0 Å². The Morgan fingerprint density at radius 3 is 2.45 bits per heavy atom. The molecule has 0 bridgehead atoms. The summed E-state index contributed by atoms with van der Waals surface area (Å²) in [6.07, 6.45) is 6.72. The maximum absolute atomic E-state index is 12.0. The van der Waals surface area contributed by atoms with Gasteiger partial charge in [-0.1, -0.05) is 46.5 Å². The van der Waals surface area contributed by atoms with Gasteiger partial charge in [0.15, 0.2) is 5.82 Å². The van der Waals surface area contributed by atoms with Gasteiger partial charge >= 0.3 is 0 Å². The predicted molar refractivity (Wildman–Crippen MR) is 84.1 cm³/mol. The molecular formula is C15H28N6O. The Bertz CT molecular complexity index is 496. The summed E-state index contributed by atoms with van der Waals surface area (Å²) in [5, 5.41) is 15.1. The lowest BCUT2D eigenvalue weighted by atomic mass is 9.91. The average molecular weight is 308 g/mol. The van der Waals surface area contributed by atoms with Crippen molar-refractivity contribution in [3.63, 3.8) is 0 Å². The monoisotopic (exact) mass is 308 g/mol. The number of hydrogen-bond donors (Lipinski definition) is 2. The van der Waals surface area contributed by atoms with Gasteiger partial charge in [-0.3, -0.25) is 4.79 Å². The van der Waals surface area contributed by atoms with Crippen molar-refractivity contribution in [2.24, 2.45) is 5.73 Å². The maximum atomic E-state index is 12.0. The molecule has 0 radical (unpaired) electrons. The van der Waals surface area contributed by atoms with Crippen LogP contribution in [0.5, 0.6) is 0 Å². The van der Waals surface area contributed by atoms with Gasteiger partial charge in [-0.15, -0.1) is 10.2 Å². The molecule has 0 aromatic carbocycles. The lowest BCUT2D eigenvalue weighted by Crippen LogP contribution is -2.50. The van der Waals surface area contributed by atoms with Crippen LogP contribution in [-0.4, -0.2) is 38.2 Å². The summed E-state index contributed by atoms with van der Waals surface area (Å²) in [4.78, 5) is 13.4. The fourth-order valence-corrected chi connectivity index (χ4v) is 2.68. The third kappa shape index (κ3) is 4.76. The van der Waals surface area contributed by atoms with E-state index in [1.165, 1.54) is 17.6 Å². The van der Waals surface area contributed by atoms with Crippen molar-refractivity contribution >= 4 is 5.91 Å². The number of amides is 1. The molecule has 7 heteroatoms. The minimum Gasteiger partial charge on any atom is -0.353 e. The molecule has 0 unspecified atom stereocenters. The Morgan fingerprint density at radius 1 is 1.27 bits per heavy atom. The molecule has 0 spiro atoms. The van der Waals surface area contributed by atoms with Crippen molar-refractivity contribution < 1.29 is 4.79 Å². The molecule has 0 aliphatic heterocycles. The maximum Gasteiger partial charge on any atom is 0.243 e. The summed E-state index contributed by atoms with van der Waals surface area (Å²) in [5.41, 5.74) is 5.96. The van der Waals surface area contributed by atoms with E-state index in [1.807, 2.05) is 20.8 Å². The van der Waals surface area contributed by atoms with Gasteiger partial charge in [-0.25, -0.2) is 0 Å². The van der Waals surface area contributed by atoms with Crippen molar-refractivity contribution in [1.29, 1.82) is 0 Å². The molecule has 1 aliphatic carbocycles. The van der Waals surface area contributed by atoms with E-state index in [-0.39, 0.29) is 23.4 Å². The van der Waals surface area contributed by atoms with E-state index in [4.69, 9.17) is 5.73 Å². The number of nitrogens with one attached hydrogen (secondary N) is 1. The highest BCUT2D eigenvalue weighted by atomic mass is 16.2. The number of aromatic nitrogens is 4. The molecular weight excluding hydrogens is 280 g/mol. The van der Waals surface area contributed by atoms with E-state index in [0.717, 1.165) is 25.7 Å². The molecule has 7 nitrogen and oxygen atoms in total. The van der Waals surface area contributed by atoms with Gasteiger partial charge in [0.1, 0.15) is 6.54 Å². The molecule has 1 amide bonds. The molecule has 0 atom stereocenters. The van der Waals surface area contributed by atoms with Crippen LogP contribution in [-0.2, 0) is 16.8 Å². The second-order valence-corrected chi connectivity index (χ2v) is 7.45. The Labute approximate surface area is 132 Å². The van der Waals surface area contributed by atoms with Gasteiger partial charge in [0.25, 0.3) is 0 Å². The van der Waals surface area contributed by atoms with Crippen LogP contribution in [0.25, 0.3) is 0 Å². The lowest BCUT2D eigenvalue weighted by Gasteiger charge is -2.28. The third-order valence-electron chi connectivity index (χ3n) is 4.15. The number of rotatable bonds is 4. The number of nitrogens with two attached hydrogens (primary N) is 1. The van der Waals surface area contributed by atoms with Crippen molar-refractivity contribution in [2.45, 2.75) is 76.8 Å². The summed E-state index contributed by atoms with van der Waals surface area (Å²) in [6, 6.07) is 0. The molecule has 2 rings (SSSR count). The van der Waals surface area contributed by atoms with Gasteiger partial charge in [-0.2, -0.15) is 4.80 Å². The van der Waals surface area contributed by atoms with E-state index in [0.29, 0.717) is 12.4 Å². The zero-order chi connectivity index (χ0) is 16.2. The first-order chi connectivity index (χ1) is 10.3. The van der Waals surface area contributed by atoms with E-state index in [1.54, 1.807) is 0 Å². The largest absolute Gasteiger partial charge is 0.353 e. The number of nitrogens with zero attached hydrogens (tertiary/aromatic N) is 4. The van der Waals surface area contributed by atoms with Crippen LogP contribution in [0.2, 0.25) is 0 Å². The second kappa shape index (κ2) is 6.73. The van der Waals surface area contributed by atoms with Crippen molar-refractivity contribution in [1.82, 2.24) is 25.5 Å². The predicted octanol–water partition coefficient (Wildman–Crippen LogP) is 1.14. The minimum absolute atomic E-state index is 0.0825. The van der Waals surface area contributed by atoms with Crippen LogP contribution in [0.4, 0.5) is 0 Å². The van der Waals surface area contributed by atoms with Crippen LogP contribution in [0, 0.1) is 0 Å². The highest BCUT2D eigenvalue weighted by Gasteiger charge is 2.27. The molecule has 1 heterocycles. The summed E-state index contributed by atoms with van der Waals surface area (Å²) in [7, 11) is 0. The second-order valence-electron chi connectivity index (χ2n) is 7.45. The summed E-state index contributed by atoms with van der Waals surface area (Å²) in [5.74, 6) is 0.520. The Morgan fingerprint density at radius 2 is 1.91 bits per heavy atom. The molecule has 1 saturated carbocycles. The molecule has 1 aromatic rings. The minimum atomic E-state index is -0.265. The quantitative estimate of drug-likeness (QED) is 0.813. The number of carbonyl (C=O) groups is 1. The number of hydrogen-bond acceptors (Lipinski definition) is 5. The normalized spacial score (nSPS) is 18.7. The Hall–Kier alpha value is -1.50. The van der Waals surface area contributed by atoms with Crippen LogP contribution in [0.15, 0.2) is 0 Å². The number of carbonyl (C=O) groups excluding carboxylic acids is 1. The zero-order valence-corrected chi connectivity index (χ0v) is 13.9. The smallest absolute Gasteiger partial charge is 0.243 e. The van der Waals surface area contributed by atoms with Crippen LogP contribution >= 0.6 is 0 Å². The molecule has 22 heavy (non-hydrogen) atoms. The first-order valence-electron chi connectivity index (χ1n) is 8.12. The Kier molecular flexibility index (Phi) is 5.16. The van der Waals surface area contributed by atoms with Crippen molar-refractivity contribution in [2.75, 3.05) is 6.54 Å². The third-order valence-corrected chi connectivity index (χ3v) is 4.15. The molecule has 1 aliphatic rings. The van der Waals surface area contributed by atoms with E-state index in [9.17, 15) is 4.79 Å². The van der Waals surface area contributed by atoms with Gasteiger partial charge in [-0.05, 0) is 18.1 Å². The van der Waals surface area contributed by atoms with E-state index in [2.05, 4.69) is 20.7 Å². The van der Waals surface area contributed by atoms with Gasteiger partial charge < -0.3 is 11.1 Å². The average Bonchev–Trinajstić information content (AvgIpc) is 2.79. The molecule has 124 valence electrons. The summed E-state index contributed by atoms with van der Waals surface area (Å²) < 4.78 is 0. The molecule has 3 N–H and O–H groups in total. The molecule has 1 fully saturated rings. The molecule has 1 aromatic heterocycles. The lowest BCUT2D eigenvalue weighted by molar-refractivity contribution is -0.122. The van der Waals surface area contributed by atoms with E-state index >= 15 is 0 Å². The molecule has 0 saturated heterocycles. The van der Waals surface area contributed by atoms with Crippen LogP contribution in [0.3, 0.4) is 0 Å². The zero-order valence-electron chi connectivity index (χ0n) is 13.9. The van der Waals surface area contributed by atoms with Crippen LogP contribution < -0.4 is 11.1 Å². The first kappa shape index (κ1) is 16.9. The van der Waals surface area contributed by atoms with Crippen molar-refractivity contribution in [3.8, 4) is 0 Å². The topological polar surface area (TPSA) is 98.7 Å².